The van der Waals surface area contributed by atoms with Gasteiger partial charge in [-0.1, -0.05) is 13.3 Å². The largest absolute Gasteiger partial charge is 0.409 e. The van der Waals surface area contributed by atoms with Gasteiger partial charge in [0.2, 0.25) is 5.89 Å². The van der Waals surface area contributed by atoms with Crippen molar-refractivity contribution in [2.45, 2.75) is 25.1 Å². The van der Waals surface area contributed by atoms with Crippen LogP contribution in [0.25, 0.3) is 11.5 Å². The standard InChI is InChI=1S/C15H17N3O2S2/c1-2-3-12-18(8-9-22-12)14(19)11-6-4-10(5-7-11)13-16-17-15(21)20-13/h4-7,12H,2-3,8-9H2,1H3,(H,17,21)/t12-/m1/s1. The van der Waals surface area contributed by atoms with E-state index < -0.39 is 0 Å². The molecule has 1 aliphatic rings. The Labute approximate surface area is 138 Å². The molecule has 3 rings (SSSR count). The van der Waals surface area contributed by atoms with Crippen LogP contribution in [0.5, 0.6) is 0 Å². The Morgan fingerprint density at radius 3 is 2.91 bits per heavy atom. The smallest absolute Gasteiger partial charge is 0.284 e. The van der Waals surface area contributed by atoms with Crippen molar-refractivity contribution in [1.82, 2.24) is 15.1 Å². The molecule has 1 aromatic carbocycles. The number of benzene rings is 1. The first-order valence-electron chi connectivity index (χ1n) is 7.27. The highest BCUT2D eigenvalue weighted by atomic mass is 32.2. The monoisotopic (exact) mass is 335 g/mol. The van der Waals surface area contributed by atoms with Crippen LogP contribution in [-0.2, 0) is 0 Å². The van der Waals surface area contributed by atoms with Crippen LogP contribution in [0.2, 0.25) is 0 Å². The van der Waals surface area contributed by atoms with Crippen LogP contribution in [0.4, 0.5) is 0 Å². The number of aromatic nitrogens is 2. The Balaban J connectivity index is 1.77. The Morgan fingerprint density at radius 1 is 1.50 bits per heavy atom. The number of amides is 1. The number of aromatic amines is 1. The third kappa shape index (κ3) is 3.10. The van der Waals surface area contributed by atoms with E-state index in [2.05, 4.69) is 17.1 Å². The number of hydrogen-bond donors (Lipinski definition) is 1. The maximum absolute atomic E-state index is 12.6. The third-order valence-electron chi connectivity index (χ3n) is 3.60. The van der Waals surface area contributed by atoms with Gasteiger partial charge in [0.05, 0.1) is 5.37 Å². The van der Waals surface area contributed by atoms with Gasteiger partial charge in [-0.05, 0) is 42.9 Å². The number of hydrogen-bond acceptors (Lipinski definition) is 5. The predicted octanol–water partition coefficient (Wildman–Crippen LogP) is 3.71. The maximum atomic E-state index is 12.6. The summed E-state index contributed by atoms with van der Waals surface area (Å²) in [5.74, 6) is 1.55. The molecule has 0 aliphatic carbocycles. The van der Waals surface area contributed by atoms with Crippen molar-refractivity contribution in [3.05, 3.63) is 34.7 Å². The zero-order valence-corrected chi connectivity index (χ0v) is 13.9. The summed E-state index contributed by atoms with van der Waals surface area (Å²) in [5, 5.41) is 6.88. The van der Waals surface area contributed by atoms with E-state index in [1.165, 1.54) is 0 Å². The molecule has 0 unspecified atom stereocenters. The van der Waals surface area contributed by atoms with E-state index in [0.29, 0.717) is 16.8 Å². The van der Waals surface area contributed by atoms with Crippen LogP contribution in [0.15, 0.2) is 28.7 Å². The lowest BCUT2D eigenvalue weighted by Crippen LogP contribution is -2.34. The van der Waals surface area contributed by atoms with Gasteiger partial charge in [-0.15, -0.1) is 16.9 Å². The van der Waals surface area contributed by atoms with Crippen molar-refractivity contribution in [3.8, 4) is 11.5 Å². The van der Waals surface area contributed by atoms with Gasteiger partial charge in [0.1, 0.15) is 0 Å². The lowest BCUT2D eigenvalue weighted by molar-refractivity contribution is 0.0756. The summed E-state index contributed by atoms with van der Waals surface area (Å²) in [6, 6.07) is 7.30. The first-order valence-corrected chi connectivity index (χ1v) is 8.73. The molecule has 0 saturated carbocycles. The number of thioether (sulfide) groups is 1. The summed E-state index contributed by atoms with van der Waals surface area (Å²) in [5.41, 5.74) is 1.49. The first-order chi connectivity index (χ1) is 10.7. The summed E-state index contributed by atoms with van der Waals surface area (Å²) in [7, 11) is 0. The van der Waals surface area contributed by atoms with Crippen LogP contribution in [-0.4, -0.2) is 38.7 Å². The molecule has 0 spiro atoms. The van der Waals surface area contributed by atoms with E-state index in [1.54, 1.807) is 0 Å². The van der Waals surface area contributed by atoms with Gasteiger partial charge in [0, 0.05) is 23.4 Å². The molecular weight excluding hydrogens is 318 g/mol. The third-order valence-corrected chi connectivity index (χ3v) is 5.07. The molecule has 22 heavy (non-hydrogen) atoms. The molecule has 1 saturated heterocycles. The number of carbonyl (C=O) groups excluding carboxylic acids is 1. The molecule has 5 nitrogen and oxygen atoms in total. The van der Waals surface area contributed by atoms with Crippen molar-refractivity contribution < 1.29 is 9.21 Å². The van der Waals surface area contributed by atoms with Gasteiger partial charge in [-0.25, -0.2) is 5.10 Å². The van der Waals surface area contributed by atoms with Crippen LogP contribution >= 0.6 is 24.0 Å². The zero-order chi connectivity index (χ0) is 15.5. The highest BCUT2D eigenvalue weighted by Gasteiger charge is 2.29. The molecule has 2 heterocycles. The first kappa shape index (κ1) is 15.3. The SMILES string of the molecule is CCC[C@H]1SCCN1C(=O)c1ccc(-c2n[nH]c(=S)o2)cc1. The lowest BCUT2D eigenvalue weighted by Gasteiger charge is -2.23. The Morgan fingerprint density at radius 2 is 2.27 bits per heavy atom. The maximum Gasteiger partial charge on any atom is 0.284 e. The Bertz CT molecular complexity index is 708. The minimum absolute atomic E-state index is 0.0953. The van der Waals surface area contributed by atoms with Crippen molar-refractivity contribution in [2.24, 2.45) is 0 Å². The molecule has 1 aromatic heterocycles. The van der Waals surface area contributed by atoms with Crippen molar-refractivity contribution in [2.75, 3.05) is 12.3 Å². The molecule has 1 aliphatic heterocycles. The minimum atomic E-state index is 0.0953. The summed E-state index contributed by atoms with van der Waals surface area (Å²) in [4.78, 5) is 14.9. The van der Waals surface area contributed by atoms with Crippen molar-refractivity contribution in [1.29, 1.82) is 0 Å². The molecule has 7 heteroatoms. The van der Waals surface area contributed by atoms with E-state index in [-0.39, 0.29) is 10.7 Å². The van der Waals surface area contributed by atoms with Crippen LogP contribution in [0, 0.1) is 4.84 Å². The quantitative estimate of drug-likeness (QED) is 0.863. The lowest BCUT2D eigenvalue weighted by atomic mass is 10.1. The fourth-order valence-electron chi connectivity index (χ4n) is 2.51. The predicted molar refractivity (Wildman–Crippen MR) is 89.3 cm³/mol. The highest BCUT2D eigenvalue weighted by molar-refractivity contribution is 8.00. The minimum Gasteiger partial charge on any atom is -0.409 e. The average molecular weight is 335 g/mol. The molecule has 116 valence electrons. The van der Waals surface area contributed by atoms with Crippen LogP contribution < -0.4 is 0 Å². The Kier molecular flexibility index (Phi) is 4.63. The van der Waals surface area contributed by atoms with Gasteiger partial charge in [0.15, 0.2) is 0 Å². The number of rotatable bonds is 4. The van der Waals surface area contributed by atoms with Gasteiger partial charge in [-0.2, -0.15) is 0 Å². The zero-order valence-electron chi connectivity index (χ0n) is 12.2. The van der Waals surface area contributed by atoms with Gasteiger partial charge in [0.25, 0.3) is 10.7 Å². The van der Waals surface area contributed by atoms with E-state index in [1.807, 2.05) is 40.9 Å². The van der Waals surface area contributed by atoms with E-state index in [4.69, 9.17) is 16.6 Å². The number of H-pyrrole nitrogens is 1. The second-order valence-corrected chi connectivity index (χ2v) is 6.76. The molecule has 1 amide bonds. The topological polar surface area (TPSA) is 62.1 Å². The van der Waals surface area contributed by atoms with Crippen LogP contribution in [0.1, 0.15) is 30.1 Å². The molecular formula is C15H17N3O2S2. The van der Waals surface area contributed by atoms with E-state index >= 15 is 0 Å². The summed E-state index contributed by atoms with van der Waals surface area (Å²) in [6.07, 6.45) is 2.13. The average Bonchev–Trinajstić information content (AvgIpc) is 3.16. The van der Waals surface area contributed by atoms with Gasteiger partial charge < -0.3 is 9.32 Å². The molecule has 1 fully saturated rings. The number of carbonyl (C=O) groups is 1. The normalized spacial score (nSPS) is 17.9. The summed E-state index contributed by atoms with van der Waals surface area (Å²) < 4.78 is 5.27. The van der Waals surface area contributed by atoms with Crippen molar-refractivity contribution >= 4 is 29.9 Å². The second-order valence-electron chi connectivity index (χ2n) is 5.11. The number of nitrogens with zero attached hydrogens (tertiary/aromatic N) is 2. The molecule has 1 N–H and O–H groups in total. The summed E-state index contributed by atoms with van der Waals surface area (Å²) >= 11 is 6.73. The number of nitrogens with one attached hydrogen (secondary N) is 1. The summed E-state index contributed by atoms with van der Waals surface area (Å²) in [6.45, 7) is 2.97. The van der Waals surface area contributed by atoms with Gasteiger partial charge in [-0.3, -0.25) is 4.79 Å². The van der Waals surface area contributed by atoms with E-state index in [9.17, 15) is 4.79 Å². The second kappa shape index (κ2) is 6.66. The fraction of sp³-hybridized carbons (Fsp3) is 0.400. The highest BCUT2D eigenvalue weighted by Crippen LogP contribution is 2.29. The molecule has 0 radical (unpaired) electrons. The fourth-order valence-corrected chi connectivity index (χ4v) is 4.00. The molecule has 2 aromatic rings. The van der Waals surface area contributed by atoms with Crippen molar-refractivity contribution in [3.63, 3.8) is 0 Å². The molecule has 1 atom stereocenters. The van der Waals surface area contributed by atoms with E-state index in [0.717, 1.165) is 30.7 Å². The van der Waals surface area contributed by atoms with Gasteiger partial charge >= 0.3 is 0 Å². The Hall–Kier alpha value is -1.60. The van der Waals surface area contributed by atoms with Crippen LogP contribution in [0.3, 0.4) is 0 Å². The molecule has 0 bridgehead atoms.